The molecule has 1 amide bonds. The Labute approximate surface area is 129 Å². The van der Waals surface area contributed by atoms with Crippen molar-refractivity contribution in [1.29, 1.82) is 0 Å². The van der Waals surface area contributed by atoms with Crippen molar-refractivity contribution in [2.75, 3.05) is 6.54 Å². The number of nitrogens with zero attached hydrogens (tertiary/aromatic N) is 1. The maximum Gasteiger partial charge on any atom is 0.433 e. The molecule has 0 bridgehead atoms. The minimum atomic E-state index is -4.51. The number of halogens is 3. The quantitative estimate of drug-likeness (QED) is 0.904. The molecule has 0 spiro atoms. The van der Waals surface area contributed by atoms with Crippen molar-refractivity contribution in [2.24, 2.45) is 0 Å². The first-order valence-electron chi connectivity index (χ1n) is 6.63. The molecule has 2 aromatic heterocycles. The lowest BCUT2D eigenvalue weighted by atomic mass is 10.1. The van der Waals surface area contributed by atoms with Crippen LogP contribution in [0.1, 0.15) is 34.3 Å². The van der Waals surface area contributed by atoms with Gasteiger partial charge < -0.3 is 10.4 Å². The molecule has 2 N–H and O–H groups in total. The number of aryl methyl sites for hydroxylation is 1. The lowest BCUT2D eigenvalue weighted by Crippen LogP contribution is -2.26. The number of hydrogen-bond donors (Lipinski definition) is 2. The fraction of sp³-hybridized carbons (Fsp3) is 0.429. The molecule has 8 heteroatoms. The molecule has 0 aliphatic carbocycles. The van der Waals surface area contributed by atoms with Crippen LogP contribution in [0.25, 0.3) is 10.2 Å². The molecule has 0 aliphatic rings. The van der Waals surface area contributed by atoms with Crippen molar-refractivity contribution < 1.29 is 23.1 Å². The number of nitrogens with one attached hydrogen (secondary N) is 1. The van der Waals surface area contributed by atoms with Gasteiger partial charge in [0.1, 0.15) is 10.5 Å². The van der Waals surface area contributed by atoms with E-state index in [-0.39, 0.29) is 10.7 Å². The molecule has 0 aliphatic heterocycles. The minimum Gasteiger partial charge on any atom is -0.393 e. The summed E-state index contributed by atoms with van der Waals surface area (Å²) in [5, 5.41) is 12.3. The fourth-order valence-corrected chi connectivity index (χ4v) is 3.04. The van der Waals surface area contributed by atoms with Crippen LogP contribution in [-0.2, 0) is 6.18 Å². The zero-order valence-electron chi connectivity index (χ0n) is 12.0. The van der Waals surface area contributed by atoms with Gasteiger partial charge in [0.15, 0.2) is 0 Å². The smallest absolute Gasteiger partial charge is 0.393 e. The second kappa shape index (κ2) is 6.21. The maximum atomic E-state index is 12.7. The summed E-state index contributed by atoms with van der Waals surface area (Å²) >= 11 is 0.935. The number of hydrogen-bond acceptors (Lipinski definition) is 4. The summed E-state index contributed by atoms with van der Waals surface area (Å²) in [6.07, 6.45) is -4.63. The highest BCUT2D eigenvalue weighted by atomic mass is 32.1. The largest absolute Gasteiger partial charge is 0.433 e. The van der Waals surface area contributed by atoms with Gasteiger partial charge in [-0.15, -0.1) is 11.3 Å². The van der Waals surface area contributed by atoms with E-state index in [1.165, 1.54) is 6.07 Å². The maximum absolute atomic E-state index is 12.7. The van der Waals surface area contributed by atoms with Crippen molar-refractivity contribution in [2.45, 2.75) is 32.5 Å². The summed E-state index contributed by atoms with van der Waals surface area (Å²) in [6.45, 7) is 3.59. The Morgan fingerprint density at radius 3 is 2.73 bits per heavy atom. The number of aromatic nitrogens is 1. The molecular weight excluding hydrogens is 317 g/mol. The summed E-state index contributed by atoms with van der Waals surface area (Å²) in [4.78, 5) is 16.2. The van der Waals surface area contributed by atoms with Crippen LogP contribution in [0.5, 0.6) is 0 Å². The Bertz CT molecular complexity index is 695. The van der Waals surface area contributed by atoms with Gasteiger partial charge in [-0.3, -0.25) is 4.79 Å². The third-order valence-electron chi connectivity index (χ3n) is 3.15. The third-order valence-corrected chi connectivity index (χ3v) is 4.35. The number of rotatable bonds is 4. The highest BCUT2D eigenvalue weighted by Gasteiger charge is 2.33. The Balaban J connectivity index is 2.28. The van der Waals surface area contributed by atoms with E-state index >= 15 is 0 Å². The first-order chi connectivity index (χ1) is 10.2. The molecule has 1 unspecified atom stereocenters. The topological polar surface area (TPSA) is 62.2 Å². The molecule has 2 aromatic rings. The Kier molecular flexibility index (Phi) is 4.72. The minimum absolute atomic E-state index is 0.188. The second-order valence-corrected chi connectivity index (χ2v) is 6.00. The van der Waals surface area contributed by atoms with Gasteiger partial charge >= 0.3 is 6.18 Å². The fourth-order valence-electron chi connectivity index (χ4n) is 1.95. The zero-order valence-corrected chi connectivity index (χ0v) is 12.8. The van der Waals surface area contributed by atoms with Crippen molar-refractivity contribution in [1.82, 2.24) is 10.3 Å². The van der Waals surface area contributed by atoms with E-state index in [0.29, 0.717) is 28.8 Å². The van der Waals surface area contributed by atoms with Crippen LogP contribution >= 0.6 is 11.3 Å². The predicted molar refractivity (Wildman–Crippen MR) is 78.0 cm³/mol. The second-order valence-electron chi connectivity index (χ2n) is 5.00. The number of amides is 1. The van der Waals surface area contributed by atoms with Gasteiger partial charge in [-0.1, -0.05) is 0 Å². The number of fused-ring (bicyclic) bond motifs is 1. The van der Waals surface area contributed by atoms with Gasteiger partial charge in [0.05, 0.1) is 11.0 Å². The van der Waals surface area contributed by atoms with Crippen LogP contribution in [0.2, 0.25) is 0 Å². The average molecular weight is 332 g/mol. The Morgan fingerprint density at radius 1 is 1.45 bits per heavy atom. The summed E-state index contributed by atoms with van der Waals surface area (Å²) < 4.78 is 38.0. The zero-order chi connectivity index (χ0) is 16.5. The Hall–Kier alpha value is -1.67. The molecule has 0 saturated carbocycles. The molecule has 0 fully saturated rings. The normalized spacial score (nSPS) is 13.4. The van der Waals surface area contributed by atoms with Crippen LogP contribution in [0, 0.1) is 6.92 Å². The van der Waals surface area contributed by atoms with Gasteiger partial charge in [0, 0.05) is 11.9 Å². The lowest BCUT2D eigenvalue weighted by Gasteiger charge is -2.06. The molecule has 0 saturated heterocycles. The summed E-state index contributed by atoms with van der Waals surface area (Å²) in [5.74, 6) is -0.366. The first kappa shape index (κ1) is 16.7. The van der Waals surface area contributed by atoms with Crippen LogP contribution < -0.4 is 5.32 Å². The van der Waals surface area contributed by atoms with Crippen molar-refractivity contribution >= 4 is 27.5 Å². The van der Waals surface area contributed by atoms with E-state index in [2.05, 4.69) is 10.3 Å². The molecule has 0 radical (unpaired) electrons. The predicted octanol–water partition coefficient (Wildman–Crippen LogP) is 3.12. The van der Waals surface area contributed by atoms with Crippen LogP contribution in [0.3, 0.4) is 0 Å². The highest BCUT2D eigenvalue weighted by Crippen LogP contribution is 2.34. The summed E-state index contributed by atoms with van der Waals surface area (Å²) in [5.41, 5.74) is -0.363. The summed E-state index contributed by atoms with van der Waals surface area (Å²) in [7, 11) is 0. The van der Waals surface area contributed by atoms with Gasteiger partial charge in [-0.2, -0.15) is 13.2 Å². The Morgan fingerprint density at radius 2 is 2.14 bits per heavy atom. The number of aliphatic hydroxyl groups excluding tert-OH is 1. The van der Waals surface area contributed by atoms with E-state index in [1.807, 2.05) is 0 Å². The average Bonchev–Trinajstić information content (AvgIpc) is 2.74. The van der Waals surface area contributed by atoms with Crippen LogP contribution in [0.4, 0.5) is 13.2 Å². The molecule has 22 heavy (non-hydrogen) atoms. The monoisotopic (exact) mass is 332 g/mol. The molecular formula is C14H15F3N2O2S. The van der Waals surface area contributed by atoms with Crippen LogP contribution in [-0.4, -0.2) is 28.6 Å². The molecule has 0 aromatic carbocycles. The molecule has 1 atom stereocenters. The molecule has 4 nitrogen and oxygen atoms in total. The van der Waals surface area contributed by atoms with Gasteiger partial charge in [-0.05, 0) is 38.0 Å². The number of aliphatic hydroxyl groups is 1. The lowest BCUT2D eigenvalue weighted by molar-refractivity contribution is -0.140. The van der Waals surface area contributed by atoms with Crippen molar-refractivity contribution in [3.05, 3.63) is 28.3 Å². The standard InChI is InChI=1S/C14H15F3N2O2S/c1-7(20)5-6-18-12(21)11-8(2)9-3-4-10(14(15,16)17)19-13(9)22-11/h3-4,7,20H,5-6H2,1-2H3,(H,18,21). The number of carbonyl (C=O) groups is 1. The van der Waals surface area contributed by atoms with E-state index < -0.39 is 18.0 Å². The number of carbonyl (C=O) groups excluding carboxylic acids is 1. The van der Waals surface area contributed by atoms with E-state index in [9.17, 15) is 18.0 Å². The van der Waals surface area contributed by atoms with Gasteiger partial charge in [0.2, 0.25) is 0 Å². The van der Waals surface area contributed by atoms with Crippen LogP contribution in [0.15, 0.2) is 12.1 Å². The van der Waals surface area contributed by atoms with Gasteiger partial charge in [0.25, 0.3) is 5.91 Å². The number of pyridine rings is 1. The van der Waals surface area contributed by atoms with Crippen molar-refractivity contribution in [3.8, 4) is 0 Å². The number of alkyl halides is 3. The SMILES string of the molecule is Cc1c(C(=O)NCCC(C)O)sc2nc(C(F)(F)F)ccc12. The summed E-state index contributed by atoms with van der Waals surface area (Å²) in [6, 6.07) is 2.25. The molecule has 2 rings (SSSR count). The third kappa shape index (κ3) is 3.56. The number of thiophene rings is 1. The molecule has 120 valence electrons. The van der Waals surface area contributed by atoms with Crippen molar-refractivity contribution in [3.63, 3.8) is 0 Å². The van der Waals surface area contributed by atoms with E-state index in [1.54, 1.807) is 13.8 Å². The highest BCUT2D eigenvalue weighted by molar-refractivity contribution is 7.20. The molecule has 2 heterocycles. The van der Waals surface area contributed by atoms with E-state index in [4.69, 9.17) is 5.11 Å². The van der Waals surface area contributed by atoms with Gasteiger partial charge in [-0.25, -0.2) is 4.98 Å². The van der Waals surface area contributed by atoms with E-state index in [0.717, 1.165) is 17.4 Å². The first-order valence-corrected chi connectivity index (χ1v) is 7.45.